The predicted octanol–water partition coefficient (Wildman–Crippen LogP) is 3.68. The molecule has 0 fully saturated rings. The molecule has 26 heavy (non-hydrogen) atoms. The van der Waals surface area contributed by atoms with Crippen molar-refractivity contribution in [1.82, 2.24) is 10.2 Å². The summed E-state index contributed by atoms with van der Waals surface area (Å²) < 4.78 is 0. The van der Waals surface area contributed by atoms with Gasteiger partial charge in [0.05, 0.1) is 0 Å². The van der Waals surface area contributed by atoms with Gasteiger partial charge < -0.3 is 20.4 Å². The van der Waals surface area contributed by atoms with Crippen LogP contribution in [0.15, 0.2) is 18.2 Å². The molecule has 1 aromatic carbocycles. The second-order valence-corrected chi connectivity index (χ2v) is 7.70. The Hall–Kier alpha value is -2.24. The molecule has 6 heteroatoms. The fourth-order valence-corrected chi connectivity index (χ4v) is 2.76. The van der Waals surface area contributed by atoms with Crippen molar-refractivity contribution in [2.75, 3.05) is 37.4 Å². The van der Waals surface area contributed by atoms with E-state index in [1.165, 1.54) is 0 Å². The number of urea groups is 1. The number of nitrogens with one attached hydrogen (secondary N) is 2. The summed E-state index contributed by atoms with van der Waals surface area (Å²) >= 11 is 0. The number of benzene rings is 1. The second kappa shape index (κ2) is 9.46. The van der Waals surface area contributed by atoms with E-state index in [0.717, 1.165) is 23.4 Å². The summed E-state index contributed by atoms with van der Waals surface area (Å²) in [6, 6.07) is 5.57. The van der Waals surface area contributed by atoms with Gasteiger partial charge in [0.15, 0.2) is 0 Å². The molecule has 0 aliphatic rings. The van der Waals surface area contributed by atoms with E-state index in [4.69, 9.17) is 0 Å². The molecule has 0 atom stereocenters. The lowest BCUT2D eigenvalue weighted by Crippen LogP contribution is -2.39. The zero-order chi connectivity index (χ0) is 19.9. The van der Waals surface area contributed by atoms with Crippen molar-refractivity contribution in [3.8, 4) is 0 Å². The van der Waals surface area contributed by atoms with Crippen LogP contribution in [0.1, 0.15) is 46.6 Å². The van der Waals surface area contributed by atoms with Gasteiger partial charge in [-0.15, -0.1) is 0 Å². The van der Waals surface area contributed by atoms with E-state index in [1.807, 2.05) is 69.8 Å². The summed E-state index contributed by atoms with van der Waals surface area (Å²) in [6.45, 7) is 11.6. The summed E-state index contributed by atoms with van der Waals surface area (Å²) in [5, 5.41) is 5.57. The third kappa shape index (κ3) is 6.24. The Balaban J connectivity index is 3.16. The molecule has 0 saturated carbocycles. The lowest BCUT2D eigenvalue weighted by atomic mass is 9.94. The first-order chi connectivity index (χ1) is 12.1. The van der Waals surface area contributed by atoms with Crippen molar-refractivity contribution >= 4 is 23.3 Å². The van der Waals surface area contributed by atoms with Crippen LogP contribution in [0.2, 0.25) is 0 Å². The Bertz CT molecular complexity index is 621. The van der Waals surface area contributed by atoms with Crippen LogP contribution in [0.25, 0.3) is 0 Å². The highest BCUT2D eigenvalue weighted by molar-refractivity contribution is 5.89. The maximum absolute atomic E-state index is 12.8. The van der Waals surface area contributed by atoms with Gasteiger partial charge in [-0.2, -0.15) is 0 Å². The lowest BCUT2D eigenvalue weighted by molar-refractivity contribution is -0.140. The normalized spacial score (nSPS) is 11.0. The van der Waals surface area contributed by atoms with E-state index in [0.29, 0.717) is 19.6 Å². The zero-order valence-electron chi connectivity index (χ0n) is 17.3. The molecule has 2 N–H and O–H groups in total. The Labute approximate surface area is 157 Å². The number of rotatable bonds is 7. The molecule has 0 aromatic heterocycles. The number of carbonyl (C=O) groups excluding carboxylic acids is 2. The topological polar surface area (TPSA) is 64.7 Å². The molecular weight excluding hydrogens is 328 g/mol. The van der Waals surface area contributed by atoms with Crippen LogP contribution < -0.4 is 15.5 Å². The first-order valence-electron chi connectivity index (χ1n) is 9.24. The highest BCUT2D eigenvalue weighted by atomic mass is 16.2. The van der Waals surface area contributed by atoms with E-state index in [1.54, 1.807) is 0 Å². The van der Waals surface area contributed by atoms with Crippen LogP contribution in [0, 0.1) is 5.41 Å². The smallest absolute Gasteiger partial charge is 0.319 e. The third-order valence-corrected chi connectivity index (χ3v) is 3.94. The van der Waals surface area contributed by atoms with Crippen molar-refractivity contribution in [2.24, 2.45) is 5.41 Å². The summed E-state index contributed by atoms with van der Waals surface area (Å²) in [7, 11) is 3.96. The van der Waals surface area contributed by atoms with Crippen LogP contribution in [-0.2, 0) is 11.3 Å². The van der Waals surface area contributed by atoms with Gasteiger partial charge in [0.25, 0.3) is 0 Å². The third-order valence-electron chi connectivity index (χ3n) is 3.94. The molecule has 0 heterocycles. The van der Waals surface area contributed by atoms with Gasteiger partial charge in [-0.25, -0.2) is 4.79 Å². The van der Waals surface area contributed by atoms with Gasteiger partial charge in [0.2, 0.25) is 5.91 Å². The lowest BCUT2D eigenvalue weighted by Gasteiger charge is -2.31. The molecule has 0 aliphatic carbocycles. The minimum atomic E-state index is -0.426. The Morgan fingerprint density at radius 1 is 1.12 bits per heavy atom. The average Bonchev–Trinajstić information content (AvgIpc) is 2.53. The van der Waals surface area contributed by atoms with Crippen LogP contribution in [0.4, 0.5) is 16.2 Å². The van der Waals surface area contributed by atoms with Gasteiger partial charge >= 0.3 is 6.03 Å². The summed E-state index contributed by atoms with van der Waals surface area (Å²) in [6.07, 6.45) is 0.899. The van der Waals surface area contributed by atoms with Gasteiger partial charge in [-0.1, -0.05) is 27.7 Å². The fourth-order valence-electron chi connectivity index (χ4n) is 2.76. The molecule has 146 valence electrons. The van der Waals surface area contributed by atoms with Gasteiger partial charge in [-0.3, -0.25) is 4.79 Å². The Morgan fingerprint density at radius 2 is 1.77 bits per heavy atom. The van der Waals surface area contributed by atoms with Crippen LogP contribution >= 0.6 is 0 Å². The zero-order valence-corrected chi connectivity index (χ0v) is 17.3. The van der Waals surface area contributed by atoms with Gasteiger partial charge in [0.1, 0.15) is 0 Å². The van der Waals surface area contributed by atoms with Crippen molar-refractivity contribution in [3.05, 3.63) is 23.8 Å². The number of hydrogen-bond acceptors (Lipinski definition) is 3. The second-order valence-electron chi connectivity index (χ2n) is 7.70. The van der Waals surface area contributed by atoms with E-state index < -0.39 is 5.41 Å². The summed E-state index contributed by atoms with van der Waals surface area (Å²) in [5.41, 5.74) is 2.34. The summed E-state index contributed by atoms with van der Waals surface area (Å²) in [4.78, 5) is 28.6. The molecule has 0 radical (unpaired) electrons. The number of anilines is 2. The van der Waals surface area contributed by atoms with Crippen molar-refractivity contribution in [3.63, 3.8) is 0 Å². The minimum Gasteiger partial charge on any atom is -0.377 e. The molecule has 1 rings (SSSR count). The van der Waals surface area contributed by atoms with Crippen LogP contribution in [0.3, 0.4) is 0 Å². The Morgan fingerprint density at radius 3 is 2.27 bits per heavy atom. The Kier molecular flexibility index (Phi) is 7.93. The minimum absolute atomic E-state index is 0.131. The van der Waals surface area contributed by atoms with Gasteiger partial charge in [0, 0.05) is 50.5 Å². The van der Waals surface area contributed by atoms with E-state index >= 15 is 0 Å². The standard InChI is InChI=1S/C20H34N4O2/c1-8-12-24(18(25)20(3,4)5)14-15-13-16(22-19(26)21-9-2)10-11-17(15)23(6)7/h10-11,13H,8-9,12,14H2,1-7H3,(H2,21,22,26). The first kappa shape index (κ1) is 21.8. The SMILES string of the molecule is CCCN(Cc1cc(NC(=O)NCC)ccc1N(C)C)C(=O)C(C)(C)C. The van der Waals surface area contributed by atoms with Gasteiger partial charge in [-0.05, 0) is 37.1 Å². The molecule has 0 unspecified atom stereocenters. The highest BCUT2D eigenvalue weighted by Gasteiger charge is 2.27. The van der Waals surface area contributed by atoms with Crippen molar-refractivity contribution in [1.29, 1.82) is 0 Å². The van der Waals surface area contributed by atoms with E-state index in [9.17, 15) is 9.59 Å². The molecule has 6 nitrogen and oxygen atoms in total. The molecule has 0 aliphatic heterocycles. The van der Waals surface area contributed by atoms with Crippen LogP contribution in [-0.4, -0.2) is 44.0 Å². The van der Waals surface area contributed by atoms with Crippen LogP contribution in [0.5, 0.6) is 0 Å². The molecule has 0 saturated heterocycles. The molecule has 3 amide bonds. The summed E-state index contributed by atoms with van der Waals surface area (Å²) in [5.74, 6) is 0.131. The maximum Gasteiger partial charge on any atom is 0.319 e. The number of hydrogen-bond donors (Lipinski definition) is 2. The fraction of sp³-hybridized carbons (Fsp3) is 0.600. The van der Waals surface area contributed by atoms with Crippen molar-refractivity contribution < 1.29 is 9.59 Å². The molecule has 1 aromatic rings. The molecule has 0 bridgehead atoms. The van der Waals surface area contributed by atoms with E-state index in [-0.39, 0.29) is 11.9 Å². The number of carbonyl (C=O) groups is 2. The predicted molar refractivity (Wildman–Crippen MR) is 109 cm³/mol. The number of amides is 3. The highest BCUT2D eigenvalue weighted by Crippen LogP contribution is 2.27. The molecule has 0 spiro atoms. The quantitative estimate of drug-likeness (QED) is 0.778. The average molecular weight is 363 g/mol. The largest absolute Gasteiger partial charge is 0.377 e. The first-order valence-corrected chi connectivity index (χ1v) is 9.24. The molecular formula is C20H34N4O2. The van der Waals surface area contributed by atoms with Crippen molar-refractivity contribution in [2.45, 2.75) is 47.6 Å². The number of nitrogens with zero attached hydrogens (tertiary/aromatic N) is 2. The monoisotopic (exact) mass is 362 g/mol. The van der Waals surface area contributed by atoms with E-state index in [2.05, 4.69) is 17.6 Å². The maximum atomic E-state index is 12.8.